The lowest BCUT2D eigenvalue weighted by molar-refractivity contribution is -0.712. The van der Waals surface area contributed by atoms with Gasteiger partial charge in [-0.1, -0.05) is 0 Å². The highest BCUT2D eigenvalue weighted by molar-refractivity contribution is 5.72. The van der Waals surface area contributed by atoms with Crippen LogP contribution in [0.25, 0.3) is 0 Å². The van der Waals surface area contributed by atoms with E-state index in [9.17, 15) is 4.79 Å². The van der Waals surface area contributed by atoms with Gasteiger partial charge < -0.3 is 4.74 Å². The molecule has 1 aromatic rings. The monoisotopic (exact) mass is 181 g/mol. The Labute approximate surface area is 76.5 Å². The molecule has 1 aromatic heterocycles. The summed E-state index contributed by atoms with van der Waals surface area (Å²) < 4.78 is 6.79. The van der Waals surface area contributed by atoms with Gasteiger partial charge in [-0.25, -0.2) is 9.55 Å². The van der Waals surface area contributed by atoms with Crippen molar-refractivity contribution < 1.29 is 14.1 Å². The van der Waals surface area contributed by atoms with Crippen molar-refractivity contribution in [2.45, 2.75) is 19.4 Å². The third kappa shape index (κ3) is 1.43. The summed E-state index contributed by atoms with van der Waals surface area (Å²) in [6.45, 7) is 0.742. The Morgan fingerprint density at radius 2 is 2.62 bits per heavy atom. The summed E-state index contributed by atoms with van der Waals surface area (Å²) in [5.41, 5.74) is 1.26. The molecule has 1 N–H and O–H groups in total. The van der Waals surface area contributed by atoms with Gasteiger partial charge >= 0.3 is 5.97 Å². The lowest BCUT2D eigenvalue weighted by atomic mass is 9.98. The van der Waals surface area contributed by atoms with E-state index >= 15 is 0 Å². The normalized spacial score (nSPS) is 20.8. The van der Waals surface area contributed by atoms with Crippen molar-refractivity contribution in [1.82, 2.24) is 4.98 Å². The van der Waals surface area contributed by atoms with Gasteiger partial charge in [-0.15, -0.1) is 0 Å². The second-order valence-electron chi connectivity index (χ2n) is 3.34. The number of methoxy groups -OCH3 is 1. The van der Waals surface area contributed by atoms with Gasteiger partial charge in [0.1, 0.15) is 18.4 Å². The zero-order chi connectivity index (χ0) is 9.26. The molecule has 1 aliphatic heterocycles. The molecule has 0 saturated carbocycles. The van der Waals surface area contributed by atoms with E-state index in [0.717, 1.165) is 19.4 Å². The molecule has 0 bridgehead atoms. The van der Waals surface area contributed by atoms with Crippen LogP contribution in [0, 0.1) is 5.92 Å². The van der Waals surface area contributed by atoms with Crippen molar-refractivity contribution >= 4 is 5.97 Å². The van der Waals surface area contributed by atoms with Crippen LogP contribution in [0.4, 0.5) is 0 Å². The van der Waals surface area contributed by atoms with Crippen molar-refractivity contribution in [3.63, 3.8) is 0 Å². The number of hydrogen-bond donors (Lipinski definition) is 1. The summed E-state index contributed by atoms with van der Waals surface area (Å²) in [7, 11) is 1.44. The van der Waals surface area contributed by atoms with Crippen molar-refractivity contribution in [3.05, 3.63) is 18.2 Å². The third-order valence-electron chi connectivity index (χ3n) is 2.55. The molecule has 0 radical (unpaired) electrons. The van der Waals surface area contributed by atoms with E-state index in [1.165, 1.54) is 12.8 Å². The van der Waals surface area contributed by atoms with Gasteiger partial charge in [0, 0.05) is 6.42 Å². The number of fused-ring (bicyclic) bond motifs is 1. The number of aromatic amines is 1. The number of esters is 1. The van der Waals surface area contributed by atoms with E-state index in [0.29, 0.717) is 0 Å². The predicted octanol–water partition coefficient (Wildman–Crippen LogP) is 0.0376. The molecule has 70 valence electrons. The Morgan fingerprint density at radius 1 is 1.77 bits per heavy atom. The van der Waals surface area contributed by atoms with Gasteiger partial charge in [0.15, 0.2) is 0 Å². The molecule has 2 heterocycles. The Morgan fingerprint density at radius 3 is 3.38 bits per heavy atom. The number of hydrogen-bond acceptors (Lipinski definition) is 2. The fourth-order valence-corrected chi connectivity index (χ4v) is 1.78. The van der Waals surface area contributed by atoms with Gasteiger partial charge in [-0.2, -0.15) is 0 Å². The van der Waals surface area contributed by atoms with Crippen LogP contribution in [0.2, 0.25) is 0 Å². The summed E-state index contributed by atoms with van der Waals surface area (Å²) in [4.78, 5) is 14.3. The number of nitrogens with one attached hydrogen (secondary N) is 1. The van der Waals surface area contributed by atoms with Gasteiger partial charge in [0.05, 0.1) is 13.0 Å². The molecule has 0 aromatic carbocycles. The molecule has 1 atom stereocenters. The molecule has 4 nitrogen and oxygen atoms in total. The first-order valence-corrected chi connectivity index (χ1v) is 4.44. The number of H-pyrrole nitrogens is 1. The van der Waals surface area contributed by atoms with E-state index in [2.05, 4.69) is 9.55 Å². The van der Waals surface area contributed by atoms with E-state index in [1.54, 1.807) is 0 Å². The van der Waals surface area contributed by atoms with Crippen LogP contribution in [0.1, 0.15) is 12.1 Å². The van der Waals surface area contributed by atoms with Gasteiger partial charge in [-0.05, 0) is 6.42 Å². The van der Waals surface area contributed by atoms with Crippen LogP contribution >= 0.6 is 0 Å². The van der Waals surface area contributed by atoms with Crippen molar-refractivity contribution in [2.24, 2.45) is 5.92 Å². The molecule has 0 spiro atoms. The number of carbonyl (C=O) groups excluding carboxylic acids is 1. The number of aryl methyl sites for hydroxylation is 1. The molecule has 0 saturated heterocycles. The maximum Gasteiger partial charge on any atom is 0.312 e. The molecule has 13 heavy (non-hydrogen) atoms. The molecule has 0 aliphatic carbocycles. The Balaban J connectivity index is 2.13. The molecule has 0 fully saturated rings. The third-order valence-corrected chi connectivity index (χ3v) is 2.55. The molecular formula is C9H13N2O2+. The average Bonchev–Trinajstić information content (AvgIpc) is 2.63. The summed E-state index contributed by atoms with van der Waals surface area (Å²) in [6.07, 6.45) is 5.71. The molecule has 0 amide bonds. The Kier molecular flexibility index (Phi) is 2.04. The van der Waals surface area contributed by atoms with Crippen molar-refractivity contribution in [2.75, 3.05) is 7.11 Å². The smallest absolute Gasteiger partial charge is 0.312 e. The molecular weight excluding hydrogens is 168 g/mol. The highest BCUT2D eigenvalue weighted by atomic mass is 16.5. The van der Waals surface area contributed by atoms with Crippen LogP contribution in [-0.2, 0) is 22.5 Å². The molecule has 2 rings (SSSR count). The highest BCUT2D eigenvalue weighted by Gasteiger charge is 2.28. The lowest BCUT2D eigenvalue weighted by Crippen LogP contribution is -2.45. The Hall–Kier alpha value is -1.32. The summed E-state index contributed by atoms with van der Waals surface area (Å²) in [5.74, 6) is -0.0716. The van der Waals surface area contributed by atoms with Crippen LogP contribution in [0.3, 0.4) is 0 Å². The fraction of sp³-hybridized carbons (Fsp3) is 0.556. The van der Waals surface area contributed by atoms with Crippen LogP contribution in [0.15, 0.2) is 12.5 Å². The first-order chi connectivity index (χ1) is 6.31. The zero-order valence-corrected chi connectivity index (χ0v) is 7.62. The first-order valence-electron chi connectivity index (χ1n) is 4.44. The van der Waals surface area contributed by atoms with E-state index < -0.39 is 0 Å². The fourth-order valence-electron chi connectivity index (χ4n) is 1.78. The summed E-state index contributed by atoms with van der Waals surface area (Å²) in [5, 5.41) is 0. The number of ether oxygens (including phenoxy) is 1. The second-order valence-corrected chi connectivity index (χ2v) is 3.34. The van der Waals surface area contributed by atoms with Gasteiger partial charge in [0.2, 0.25) is 6.33 Å². The average molecular weight is 181 g/mol. The largest absolute Gasteiger partial charge is 0.469 e. The SMILES string of the molecule is COC(=O)[C@H]1CCc2c[nH]c[n+]2C1. The maximum absolute atomic E-state index is 11.3. The minimum absolute atomic E-state index is 0.0262. The predicted molar refractivity (Wildman–Crippen MR) is 44.8 cm³/mol. The minimum atomic E-state index is -0.0978. The number of imidazole rings is 1. The number of nitrogens with zero attached hydrogens (tertiary/aromatic N) is 1. The minimum Gasteiger partial charge on any atom is -0.469 e. The highest BCUT2D eigenvalue weighted by Crippen LogP contribution is 2.14. The van der Waals surface area contributed by atoms with Crippen LogP contribution in [-0.4, -0.2) is 18.1 Å². The zero-order valence-electron chi connectivity index (χ0n) is 7.62. The van der Waals surface area contributed by atoms with E-state index in [4.69, 9.17) is 4.74 Å². The Bertz CT molecular complexity index is 319. The van der Waals surface area contributed by atoms with E-state index in [1.807, 2.05) is 12.5 Å². The number of aromatic nitrogens is 2. The molecule has 0 unspecified atom stereocenters. The quantitative estimate of drug-likeness (QED) is 0.491. The molecule has 4 heteroatoms. The molecule has 1 aliphatic rings. The van der Waals surface area contributed by atoms with Crippen LogP contribution < -0.4 is 4.57 Å². The number of rotatable bonds is 1. The topological polar surface area (TPSA) is 46.0 Å². The second kappa shape index (κ2) is 3.20. The van der Waals surface area contributed by atoms with Crippen molar-refractivity contribution in [3.8, 4) is 0 Å². The van der Waals surface area contributed by atoms with Gasteiger partial charge in [0.25, 0.3) is 0 Å². The standard InChI is InChI=1S/C9H12N2O2/c1-13-9(12)7-2-3-8-4-10-6-11(8)5-7/h4,6-7H,2-3,5H2,1H3/p+1/t7-/m0/s1. The lowest BCUT2D eigenvalue weighted by Gasteiger charge is -2.17. The van der Waals surface area contributed by atoms with Crippen molar-refractivity contribution in [1.29, 1.82) is 0 Å². The maximum atomic E-state index is 11.3. The number of carbonyl (C=O) groups is 1. The van der Waals surface area contributed by atoms with Gasteiger partial charge in [-0.3, -0.25) is 4.79 Å². The van der Waals surface area contributed by atoms with E-state index in [-0.39, 0.29) is 11.9 Å². The first kappa shape index (κ1) is 8.29. The summed E-state index contributed by atoms with van der Waals surface area (Å²) in [6, 6.07) is 0. The summed E-state index contributed by atoms with van der Waals surface area (Å²) >= 11 is 0. The van der Waals surface area contributed by atoms with Crippen LogP contribution in [0.5, 0.6) is 0 Å².